The van der Waals surface area contributed by atoms with Gasteiger partial charge in [-0.05, 0) is 18.2 Å². The van der Waals surface area contributed by atoms with E-state index in [9.17, 15) is 4.79 Å². The molecule has 1 amide bonds. The van der Waals surface area contributed by atoms with Gasteiger partial charge in [-0.3, -0.25) is 4.79 Å². The molecule has 0 saturated heterocycles. The van der Waals surface area contributed by atoms with E-state index in [0.29, 0.717) is 17.1 Å². The number of halogens is 2. The number of carbonyl (C=O) groups excluding carboxylic acids is 1. The number of hydrogen-bond acceptors (Lipinski definition) is 3. The molecule has 84 valence electrons. The number of alkyl halides is 1. The summed E-state index contributed by atoms with van der Waals surface area (Å²) in [5.74, 6) is 0.158. The van der Waals surface area contributed by atoms with Gasteiger partial charge in [0.2, 0.25) is 5.91 Å². The molecule has 0 aliphatic carbocycles. The normalized spacial score (nSPS) is 8.93. The zero-order valence-corrected chi connectivity index (χ0v) is 9.69. The molecular weight excluding hydrogens is 239 g/mol. The molecular formula is C9H12Cl2N2O2. The number of benzene rings is 1. The van der Waals surface area contributed by atoms with E-state index in [1.807, 2.05) is 0 Å². The average Bonchev–Trinajstić information content (AvgIpc) is 2.18. The van der Waals surface area contributed by atoms with E-state index in [2.05, 4.69) is 5.32 Å². The lowest BCUT2D eigenvalue weighted by atomic mass is 10.2. The second-order valence-electron chi connectivity index (χ2n) is 2.64. The Morgan fingerprint density at radius 2 is 2.27 bits per heavy atom. The number of nitrogens with one attached hydrogen (secondary N) is 1. The highest BCUT2D eigenvalue weighted by molar-refractivity contribution is 6.29. The SMILES string of the molecule is COc1ccc(N)cc1NC(=O)CCl.Cl. The van der Waals surface area contributed by atoms with Crippen LogP contribution in [0.2, 0.25) is 0 Å². The van der Waals surface area contributed by atoms with Crippen LogP contribution in [0.25, 0.3) is 0 Å². The predicted octanol–water partition coefficient (Wildman–Crippen LogP) is 1.88. The summed E-state index contributed by atoms with van der Waals surface area (Å²) in [4.78, 5) is 11.0. The molecule has 0 aromatic heterocycles. The van der Waals surface area contributed by atoms with Crippen molar-refractivity contribution in [3.8, 4) is 5.75 Å². The standard InChI is InChI=1S/C9H11ClN2O2.ClH/c1-14-8-3-2-6(11)4-7(8)12-9(13)5-10;/h2-4H,5,11H2,1H3,(H,12,13);1H. The Kier molecular flexibility index (Phi) is 5.89. The third-order valence-corrected chi connectivity index (χ3v) is 1.86. The molecule has 15 heavy (non-hydrogen) atoms. The Bertz CT molecular complexity index is 345. The lowest BCUT2D eigenvalue weighted by molar-refractivity contribution is -0.113. The summed E-state index contributed by atoms with van der Waals surface area (Å²) in [6, 6.07) is 4.98. The smallest absolute Gasteiger partial charge is 0.239 e. The van der Waals surface area contributed by atoms with Crippen molar-refractivity contribution in [3.63, 3.8) is 0 Å². The van der Waals surface area contributed by atoms with Gasteiger partial charge in [0.15, 0.2) is 0 Å². The first kappa shape index (κ1) is 13.9. The summed E-state index contributed by atoms with van der Waals surface area (Å²) >= 11 is 5.35. The summed E-state index contributed by atoms with van der Waals surface area (Å²) in [7, 11) is 1.52. The van der Waals surface area contributed by atoms with Crippen molar-refractivity contribution < 1.29 is 9.53 Å². The first-order chi connectivity index (χ1) is 6.67. The van der Waals surface area contributed by atoms with Gasteiger partial charge in [-0.1, -0.05) is 0 Å². The van der Waals surface area contributed by atoms with E-state index >= 15 is 0 Å². The molecule has 6 heteroatoms. The van der Waals surface area contributed by atoms with Crippen molar-refractivity contribution in [1.29, 1.82) is 0 Å². The predicted molar refractivity (Wildman–Crippen MR) is 64.0 cm³/mol. The first-order valence-electron chi connectivity index (χ1n) is 3.96. The van der Waals surface area contributed by atoms with Gasteiger partial charge in [0.05, 0.1) is 12.8 Å². The minimum absolute atomic E-state index is 0. The molecule has 4 nitrogen and oxygen atoms in total. The maximum absolute atomic E-state index is 11.0. The van der Waals surface area contributed by atoms with Crippen molar-refractivity contribution in [2.24, 2.45) is 0 Å². The average molecular weight is 251 g/mol. The quantitative estimate of drug-likeness (QED) is 0.636. The molecule has 0 aliphatic rings. The van der Waals surface area contributed by atoms with E-state index in [4.69, 9.17) is 22.1 Å². The topological polar surface area (TPSA) is 64.3 Å². The van der Waals surface area contributed by atoms with Gasteiger partial charge in [-0.25, -0.2) is 0 Å². The van der Waals surface area contributed by atoms with Crippen molar-refractivity contribution in [2.75, 3.05) is 24.0 Å². The maximum atomic E-state index is 11.0. The Hall–Kier alpha value is -1.13. The van der Waals surface area contributed by atoms with Gasteiger partial charge in [0.25, 0.3) is 0 Å². The van der Waals surface area contributed by atoms with Crippen LogP contribution in [-0.4, -0.2) is 18.9 Å². The van der Waals surface area contributed by atoms with Gasteiger partial charge < -0.3 is 15.8 Å². The summed E-state index contributed by atoms with van der Waals surface area (Å²) < 4.78 is 5.03. The van der Waals surface area contributed by atoms with E-state index in [1.54, 1.807) is 18.2 Å². The summed E-state index contributed by atoms with van der Waals surface area (Å²) in [6.07, 6.45) is 0. The largest absolute Gasteiger partial charge is 0.495 e. The van der Waals surface area contributed by atoms with E-state index in [0.717, 1.165) is 0 Å². The van der Waals surface area contributed by atoms with E-state index in [-0.39, 0.29) is 24.2 Å². The van der Waals surface area contributed by atoms with Crippen LogP contribution in [0.1, 0.15) is 0 Å². The number of anilines is 2. The van der Waals surface area contributed by atoms with Crippen molar-refractivity contribution in [2.45, 2.75) is 0 Å². The molecule has 0 bridgehead atoms. The summed E-state index contributed by atoms with van der Waals surface area (Å²) in [5.41, 5.74) is 6.64. The van der Waals surface area contributed by atoms with Gasteiger partial charge in [0.1, 0.15) is 11.6 Å². The fourth-order valence-electron chi connectivity index (χ4n) is 1.01. The van der Waals surface area contributed by atoms with Gasteiger partial charge in [-0.15, -0.1) is 24.0 Å². The molecule has 0 radical (unpaired) electrons. The first-order valence-corrected chi connectivity index (χ1v) is 4.50. The summed E-state index contributed by atoms with van der Waals surface area (Å²) in [6.45, 7) is 0. The molecule has 0 unspecified atom stereocenters. The Labute approximate surface area is 99.1 Å². The van der Waals surface area contributed by atoms with Crippen LogP contribution in [0.5, 0.6) is 5.75 Å². The van der Waals surface area contributed by atoms with Crippen LogP contribution in [0.15, 0.2) is 18.2 Å². The zero-order valence-electron chi connectivity index (χ0n) is 8.12. The third-order valence-electron chi connectivity index (χ3n) is 1.62. The van der Waals surface area contributed by atoms with Crippen molar-refractivity contribution in [3.05, 3.63) is 18.2 Å². The molecule has 0 fully saturated rings. The number of carbonyl (C=O) groups is 1. The van der Waals surface area contributed by atoms with Crippen LogP contribution < -0.4 is 15.8 Å². The highest BCUT2D eigenvalue weighted by atomic mass is 35.5. The molecule has 0 atom stereocenters. The molecule has 1 aromatic rings. The molecule has 0 aliphatic heterocycles. The van der Waals surface area contributed by atoms with Gasteiger partial charge in [-0.2, -0.15) is 0 Å². The Balaban J connectivity index is 0.00000196. The highest BCUT2D eigenvalue weighted by Crippen LogP contribution is 2.26. The van der Waals surface area contributed by atoms with Crippen LogP contribution >= 0.6 is 24.0 Å². The molecule has 3 N–H and O–H groups in total. The second-order valence-corrected chi connectivity index (χ2v) is 2.91. The summed E-state index contributed by atoms with van der Waals surface area (Å²) in [5, 5.41) is 2.58. The monoisotopic (exact) mass is 250 g/mol. The van der Waals surface area contributed by atoms with Crippen LogP contribution in [-0.2, 0) is 4.79 Å². The lowest BCUT2D eigenvalue weighted by Crippen LogP contribution is -2.13. The fraction of sp³-hybridized carbons (Fsp3) is 0.222. The maximum Gasteiger partial charge on any atom is 0.239 e. The van der Waals surface area contributed by atoms with Crippen LogP contribution in [0, 0.1) is 0 Å². The number of hydrogen-bond donors (Lipinski definition) is 2. The van der Waals surface area contributed by atoms with Gasteiger partial charge in [0, 0.05) is 5.69 Å². The van der Waals surface area contributed by atoms with Gasteiger partial charge >= 0.3 is 0 Å². The van der Waals surface area contributed by atoms with Crippen LogP contribution in [0.3, 0.4) is 0 Å². The van der Waals surface area contributed by atoms with E-state index < -0.39 is 0 Å². The Morgan fingerprint density at radius 3 is 2.80 bits per heavy atom. The van der Waals surface area contributed by atoms with Crippen molar-refractivity contribution in [1.82, 2.24) is 0 Å². The highest BCUT2D eigenvalue weighted by Gasteiger charge is 2.06. The zero-order chi connectivity index (χ0) is 10.6. The number of methoxy groups -OCH3 is 1. The molecule has 0 heterocycles. The number of rotatable bonds is 3. The number of amides is 1. The molecule has 1 aromatic carbocycles. The number of ether oxygens (including phenoxy) is 1. The third kappa shape index (κ3) is 3.85. The molecule has 0 saturated carbocycles. The minimum Gasteiger partial charge on any atom is -0.495 e. The fourth-order valence-corrected chi connectivity index (χ4v) is 1.07. The van der Waals surface area contributed by atoms with Crippen molar-refractivity contribution >= 4 is 41.3 Å². The molecule has 0 spiro atoms. The second kappa shape index (κ2) is 6.37. The Morgan fingerprint density at radius 1 is 1.60 bits per heavy atom. The van der Waals surface area contributed by atoms with E-state index in [1.165, 1.54) is 7.11 Å². The lowest BCUT2D eigenvalue weighted by Gasteiger charge is -2.09. The number of nitrogens with two attached hydrogens (primary N) is 1. The molecule has 1 rings (SSSR count). The number of nitrogen functional groups attached to an aromatic ring is 1. The minimum atomic E-state index is -0.296. The van der Waals surface area contributed by atoms with Crippen LogP contribution in [0.4, 0.5) is 11.4 Å².